The Morgan fingerprint density at radius 2 is 2.00 bits per heavy atom. The van der Waals surface area contributed by atoms with E-state index in [9.17, 15) is 9.59 Å². The van der Waals surface area contributed by atoms with Gasteiger partial charge in [0.25, 0.3) is 0 Å². The molecule has 2 unspecified atom stereocenters. The summed E-state index contributed by atoms with van der Waals surface area (Å²) in [6.45, 7) is 9.03. The van der Waals surface area contributed by atoms with Crippen LogP contribution in [0.3, 0.4) is 0 Å². The molecule has 0 spiro atoms. The number of amides is 1. The third-order valence-corrected chi connectivity index (χ3v) is 3.28. The minimum atomic E-state index is -0.502. The lowest BCUT2D eigenvalue weighted by atomic mass is 10.1. The maximum Gasteiger partial charge on any atom is 0.323 e. The number of nitrogens with zero attached hydrogens (tertiary/aromatic N) is 1. The Kier molecular flexibility index (Phi) is 5.35. The molecule has 0 aromatic carbocycles. The molecule has 1 fully saturated rings. The molecule has 0 aromatic rings. The Balaban J connectivity index is 2.70. The van der Waals surface area contributed by atoms with Crippen LogP contribution < -0.4 is 5.73 Å². The van der Waals surface area contributed by atoms with Gasteiger partial charge >= 0.3 is 5.97 Å². The molecule has 1 aliphatic rings. The van der Waals surface area contributed by atoms with E-state index in [2.05, 4.69) is 6.92 Å². The molecule has 2 N–H and O–H groups in total. The number of hydrogen-bond donors (Lipinski definition) is 1. The molecule has 0 radical (unpaired) electrons. The second-order valence-electron chi connectivity index (χ2n) is 6.23. The van der Waals surface area contributed by atoms with E-state index in [0.717, 1.165) is 19.4 Å². The van der Waals surface area contributed by atoms with Crippen LogP contribution >= 0.6 is 0 Å². The molecule has 5 heteroatoms. The van der Waals surface area contributed by atoms with Crippen molar-refractivity contribution in [1.29, 1.82) is 0 Å². The number of hydrogen-bond acceptors (Lipinski definition) is 4. The molecule has 0 aromatic heterocycles. The zero-order valence-electron chi connectivity index (χ0n) is 12.4. The van der Waals surface area contributed by atoms with Gasteiger partial charge in [-0.25, -0.2) is 0 Å². The van der Waals surface area contributed by atoms with Crippen molar-refractivity contribution >= 4 is 11.9 Å². The lowest BCUT2D eigenvalue weighted by molar-refractivity contribution is -0.160. The number of primary amides is 1. The Hall–Kier alpha value is -1.10. The second kappa shape index (κ2) is 6.37. The molecule has 0 aliphatic carbocycles. The molecule has 1 rings (SSSR count). The normalized spacial score (nSPS) is 24.4. The number of carbonyl (C=O) groups excluding carboxylic acids is 2. The third-order valence-electron chi connectivity index (χ3n) is 3.28. The first-order chi connectivity index (χ1) is 8.74. The fraction of sp³-hybridized carbons (Fsp3) is 0.857. The summed E-state index contributed by atoms with van der Waals surface area (Å²) in [5.74, 6) is -0.811. The van der Waals surface area contributed by atoms with Crippen LogP contribution in [0.4, 0.5) is 0 Å². The number of likely N-dealkylation sites (tertiary alicyclic amines) is 1. The minimum Gasteiger partial charge on any atom is -0.459 e. The maximum atomic E-state index is 12.2. The standard InChI is InChI=1S/C14H26N2O3/c1-5-6-7-16-9-10(12(15)17)8-11(16)13(18)19-14(2,3)4/h10-11H,5-9H2,1-4H3,(H2,15,17). The van der Waals surface area contributed by atoms with Crippen molar-refractivity contribution < 1.29 is 14.3 Å². The maximum absolute atomic E-state index is 12.2. The van der Waals surface area contributed by atoms with E-state index in [1.807, 2.05) is 25.7 Å². The quantitative estimate of drug-likeness (QED) is 0.764. The van der Waals surface area contributed by atoms with Crippen molar-refractivity contribution in [3.05, 3.63) is 0 Å². The molecule has 0 saturated carbocycles. The van der Waals surface area contributed by atoms with Gasteiger partial charge in [-0.1, -0.05) is 13.3 Å². The molecule has 5 nitrogen and oxygen atoms in total. The number of unbranched alkanes of at least 4 members (excludes halogenated alkanes) is 1. The van der Waals surface area contributed by atoms with E-state index in [-0.39, 0.29) is 23.8 Å². The first-order valence-corrected chi connectivity index (χ1v) is 7.01. The van der Waals surface area contributed by atoms with Gasteiger partial charge in [0.15, 0.2) is 0 Å². The van der Waals surface area contributed by atoms with Crippen molar-refractivity contribution in [3.8, 4) is 0 Å². The zero-order valence-corrected chi connectivity index (χ0v) is 12.4. The van der Waals surface area contributed by atoms with Gasteiger partial charge in [0.2, 0.25) is 5.91 Å². The molecule has 1 amide bonds. The van der Waals surface area contributed by atoms with E-state index >= 15 is 0 Å². The van der Waals surface area contributed by atoms with Crippen molar-refractivity contribution in [2.24, 2.45) is 11.7 Å². The fourth-order valence-corrected chi connectivity index (χ4v) is 2.33. The van der Waals surface area contributed by atoms with Crippen LogP contribution in [0.15, 0.2) is 0 Å². The first kappa shape index (κ1) is 16.0. The summed E-state index contributed by atoms with van der Waals surface area (Å²) >= 11 is 0. The van der Waals surface area contributed by atoms with Gasteiger partial charge < -0.3 is 10.5 Å². The van der Waals surface area contributed by atoms with E-state index in [1.54, 1.807) is 0 Å². The van der Waals surface area contributed by atoms with Crippen molar-refractivity contribution in [3.63, 3.8) is 0 Å². The second-order valence-corrected chi connectivity index (χ2v) is 6.23. The van der Waals surface area contributed by atoms with Crippen LogP contribution in [0.5, 0.6) is 0 Å². The van der Waals surface area contributed by atoms with Gasteiger partial charge in [0, 0.05) is 6.54 Å². The summed E-state index contributed by atoms with van der Waals surface area (Å²) < 4.78 is 5.43. The number of nitrogens with two attached hydrogens (primary N) is 1. The van der Waals surface area contributed by atoms with E-state index in [0.29, 0.717) is 13.0 Å². The number of ether oxygens (including phenoxy) is 1. The van der Waals surface area contributed by atoms with E-state index in [4.69, 9.17) is 10.5 Å². The van der Waals surface area contributed by atoms with E-state index < -0.39 is 5.60 Å². The van der Waals surface area contributed by atoms with Gasteiger partial charge in [-0.3, -0.25) is 14.5 Å². The number of esters is 1. The Morgan fingerprint density at radius 3 is 2.47 bits per heavy atom. The highest BCUT2D eigenvalue weighted by molar-refractivity contribution is 5.81. The number of carbonyl (C=O) groups is 2. The molecule has 1 heterocycles. The summed E-state index contributed by atoms with van der Waals surface area (Å²) in [5, 5.41) is 0. The minimum absolute atomic E-state index is 0.241. The average Bonchev–Trinajstić information content (AvgIpc) is 2.68. The highest BCUT2D eigenvalue weighted by Crippen LogP contribution is 2.26. The summed E-state index contributed by atoms with van der Waals surface area (Å²) in [5.41, 5.74) is 4.86. The predicted octanol–water partition coefficient (Wildman–Crippen LogP) is 1.30. The van der Waals surface area contributed by atoms with Gasteiger partial charge in [0.1, 0.15) is 11.6 Å². The molecular formula is C14H26N2O3. The lowest BCUT2D eigenvalue weighted by Crippen LogP contribution is -2.40. The van der Waals surface area contributed by atoms with Crippen LogP contribution in [-0.4, -0.2) is 41.5 Å². The summed E-state index contributed by atoms with van der Waals surface area (Å²) in [6, 6.07) is -0.330. The van der Waals surface area contributed by atoms with Gasteiger partial charge in [-0.05, 0) is 40.2 Å². The molecule has 110 valence electrons. The van der Waals surface area contributed by atoms with Crippen LogP contribution in [0.2, 0.25) is 0 Å². The van der Waals surface area contributed by atoms with Crippen LogP contribution in [0, 0.1) is 5.92 Å². The monoisotopic (exact) mass is 270 g/mol. The average molecular weight is 270 g/mol. The fourth-order valence-electron chi connectivity index (χ4n) is 2.33. The largest absolute Gasteiger partial charge is 0.459 e. The van der Waals surface area contributed by atoms with Crippen molar-refractivity contribution in [2.45, 2.75) is 58.6 Å². The van der Waals surface area contributed by atoms with Gasteiger partial charge in [0.05, 0.1) is 5.92 Å². The summed E-state index contributed by atoms with van der Waals surface area (Å²) in [7, 11) is 0. The topological polar surface area (TPSA) is 72.6 Å². The molecule has 0 bridgehead atoms. The van der Waals surface area contributed by atoms with Gasteiger partial charge in [-0.2, -0.15) is 0 Å². The highest BCUT2D eigenvalue weighted by Gasteiger charge is 2.40. The predicted molar refractivity (Wildman–Crippen MR) is 73.4 cm³/mol. The summed E-state index contributed by atoms with van der Waals surface area (Å²) in [6.07, 6.45) is 2.54. The third kappa shape index (κ3) is 4.82. The van der Waals surface area contributed by atoms with E-state index in [1.165, 1.54) is 0 Å². The Labute approximate surface area is 115 Å². The SMILES string of the molecule is CCCCN1CC(C(N)=O)CC1C(=O)OC(C)(C)C. The molecule has 1 aliphatic heterocycles. The zero-order chi connectivity index (χ0) is 14.6. The van der Waals surface area contributed by atoms with Crippen LogP contribution in [0.25, 0.3) is 0 Å². The summed E-state index contributed by atoms with van der Waals surface area (Å²) in [4.78, 5) is 25.5. The Bertz CT molecular complexity index is 336. The first-order valence-electron chi connectivity index (χ1n) is 7.01. The molecule has 19 heavy (non-hydrogen) atoms. The Morgan fingerprint density at radius 1 is 1.37 bits per heavy atom. The molecule has 2 atom stereocenters. The number of rotatable bonds is 5. The lowest BCUT2D eigenvalue weighted by Gasteiger charge is -2.27. The van der Waals surface area contributed by atoms with Crippen molar-refractivity contribution in [2.75, 3.05) is 13.1 Å². The van der Waals surface area contributed by atoms with Crippen LogP contribution in [-0.2, 0) is 14.3 Å². The molecule has 1 saturated heterocycles. The van der Waals surface area contributed by atoms with Crippen molar-refractivity contribution in [1.82, 2.24) is 4.90 Å². The van der Waals surface area contributed by atoms with Crippen LogP contribution in [0.1, 0.15) is 47.0 Å². The van der Waals surface area contributed by atoms with Gasteiger partial charge in [-0.15, -0.1) is 0 Å². The highest BCUT2D eigenvalue weighted by atomic mass is 16.6. The molecular weight excluding hydrogens is 244 g/mol. The smallest absolute Gasteiger partial charge is 0.323 e.